The Morgan fingerprint density at radius 3 is 2.86 bits per heavy atom. The summed E-state index contributed by atoms with van der Waals surface area (Å²) in [6, 6.07) is 9.04. The average Bonchev–Trinajstić information content (AvgIpc) is 2.14. The number of hydrogen-bond acceptors (Lipinski definition) is 2. The predicted molar refractivity (Wildman–Crippen MR) is 54.6 cm³/mol. The fraction of sp³-hybridized carbons (Fsp3) is 0.200. The van der Waals surface area contributed by atoms with Gasteiger partial charge >= 0.3 is 5.97 Å². The van der Waals surface area contributed by atoms with Crippen molar-refractivity contribution in [2.45, 2.75) is 6.42 Å². The van der Waals surface area contributed by atoms with Gasteiger partial charge in [0, 0.05) is 4.47 Å². The molecule has 0 aliphatic rings. The van der Waals surface area contributed by atoms with Gasteiger partial charge in [0.1, 0.15) is 5.92 Å². The molecule has 14 heavy (non-hydrogen) atoms. The average molecular weight is 254 g/mol. The highest BCUT2D eigenvalue weighted by Gasteiger charge is 2.16. The molecule has 0 radical (unpaired) electrons. The first-order valence-corrected chi connectivity index (χ1v) is 4.79. The van der Waals surface area contributed by atoms with Crippen LogP contribution < -0.4 is 0 Å². The zero-order chi connectivity index (χ0) is 10.6. The number of hydrogen-bond donors (Lipinski definition) is 1. The Kier molecular flexibility index (Phi) is 3.66. The van der Waals surface area contributed by atoms with Gasteiger partial charge in [-0.05, 0) is 24.1 Å². The van der Waals surface area contributed by atoms with Crippen molar-refractivity contribution in [3.05, 3.63) is 34.3 Å². The van der Waals surface area contributed by atoms with Crippen molar-refractivity contribution in [1.82, 2.24) is 0 Å². The first kappa shape index (κ1) is 10.7. The Morgan fingerprint density at radius 2 is 2.36 bits per heavy atom. The van der Waals surface area contributed by atoms with Crippen molar-refractivity contribution in [3.63, 3.8) is 0 Å². The lowest BCUT2D eigenvalue weighted by molar-refractivity contribution is -0.139. The van der Waals surface area contributed by atoms with E-state index in [1.54, 1.807) is 12.1 Å². The van der Waals surface area contributed by atoms with Gasteiger partial charge in [-0.15, -0.1) is 0 Å². The standard InChI is InChI=1S/C10H8BrNO2/c11-9-3-1-2-7(5-9)4-8(6-12)10(13)14/h1-3,5,8H,4H2,(H,13,14)/t8-/m0/s1. The lowest BCUT2D eigenvalue weighted by atomic mass is 10.0. The summed E-state index contributed by atoms with van der Waals surface area (Å²) in [6.45, 7) is 0. The minimum absolute atomic E-state index is 0.241. The third kappa shape index (κ3) is 2.86. The molecule has 1 aromatic carbocycles. The van der Waals surface area contributed by atoms with Crippen LogP contribution in [0.5, 0.6) is 0 Å². The Balaban J connectivity index is 2.78. The lowest BCUT2D eigenvalue weighted by Gasteiger charge is -2.03. The van der Waals surface area contributed by atoms with Crippen LogP contribution in [0.25, 0.3) is 0 Å². The van der Waals surface area contributed by atoms with Gasteiger partial charge in [-0.25, -0.2) is 0 Å². The lowest BCUT2D eigenvalue weighted by Crippen LogP contribution is -2.14. The van der Waals surface area contributed by atoms with Crippen molar-refractivity contribution in [1.29, 1.82) is 5.26 Å². The molecule has 1 N–H and O–H groups in total. The number of rotatable bonds is 3. The van der Waals surface area contributed by atoms with Crippen molar-refractivity contribution >= 4 is 21.9 Å². The van der Waals surface area contributed by atoms with Gasteiger partial charge in [0.25, 0.3) is 0 Å². The molecule has 0 aliphatic heterocycles. The second kappa shape index (κ2) is 4.77. The maximum Gasteiger partial charge on any atom is 0.321 e. The number of aliphatic carboxylic acids is 1. The summed E-state index contributed by atoms with van der Waals surface area (Å²) in [6.07, 6.45) is 0.241. The van der Waals surface area contributed by atoms with Crippen LogP contribution in [0.15, 0.2) is 28.7 Å². The van der Waals surface area contributed by atoms with Crippen molar-refractivity contribution in [2.24, 2.45) is 5.92 Å². The highest BCUT2D eigenvalue weighted by molar-refractivity contribution is 9.10. The van der Waals surface area contributed by atoms with Crippen LogP contribution in [0.2, 0.25) is 0 Å². The zero-order valence-corrected chi connectivity index (χ0v) is 8.86. The van der Waals surface area contributed by atoms with Crippen LogP contribution >= 0.6 is 15.9 Å². The molecule has 0 amide bonds. The minimum Gasteiger partial charge on any atom is -0.480 e. The monoisotopic (exact) mass is 253 g/mol. The highest BCUT2D eigenvalue weighted by atomic mass is 79.9. The maximum atomic E-state index is 10.6. The van der Waals surface area contributed by atoms with E-state index in [9.17, 15) is 4.79 Å². The summed E-state index contributed by atoms with van der Waals surface area (Å²) < 4.78 is 0.886. The number of halogens is 1. The molecule has 72 valence electrons. The molecule has 0 aliphatic carbocycles. The normalized spacial score (nSPS) is 11.7. The van der Waals surface area contributed by atoms with Gasteiger partial charge in [0.15, 0.2) is 0 Å². The van der Waals surface area contributed by atoms with Crippen molar-refractivity contribution < 1.29 is 9.90 Å². The third-order valence-electron chi connectivity index (χ3n) is 1.78. The van der Waals surface area contributed by atoms with Gasteiger partial charge in [0.05, 0.1) is 6.07 Å². The summed E-state index contributed by atoms with van der Waals surface area (Å²) in [5.74, 6) is -2.04. The van der Waals surface area contributed by atoms with Gasteiger partial charge < -0.3 is 5.11 Å². The van der Waals surface area contributed by atoms with Gasteiger partial charge in [-0.1, -0.05) is 28.1 Å². The zero-order valence-electron chi connectivity index (χ0n) is 7.27. The number of carboxylic acid groups (broad SMARTS) is 1. The Labute approximate surface area is 90.1 Å². The largest absolute Gasteiger partial charge is 0.480 e. The molecule has 0 bridgehead atoms. The molecule has 0 aromatic heterocycles. The molecule has 1 rings (SSSR count). The molecule has 0 fully saturated rings. The van der Waals surface area contributed by atoms with E-state index in [4.69, 9.17) is 10.4 Å². The van der Waals surface area contributed by atoms with E-state index in [-0.39, 0.29) is 6.42 Å². The van der Waals surface area contributed by atoms with Gasteiger partial charge in [0.2, 0.25) is 0 Å². The molecule has 0 spiro atoms. The van der Waals surface area contributed by atoms with E-state index in [1.165, 1.54) is 0 Å². The fourth-order valence-electron chi connectivity index (χ4n) is 1.09. The molecule has 1 aromatic rings. The van der Waals surface area contributed by atoms with Crippen LogP contribution in [0, 0.1) is 17.2 Å². The first-order chi connectivity index (χ1) is 6.63. The SMILES string of the molecule is N#C[C@H](Cc1cccc(Br)c1)C(=O)O. The molecule has 0 unspecified atom stereocenters. The quantitative estimate of drug-likeness (QED) is 0.899. The minimum atomic E-state index is -1.08. The number of carbonyl (C=O) groups is 1. The molecular formula is C10H8BrNO2. The van der Waals surface area contributed by atoms with E-state index < -0.39 is 11.9 Å². The van der Waals surface area contributed by atoms with E-state index in [0.717, 1.165) is 10.0 Å². The second-order valence-corrected chi connectivity index (χ2v) is 3.77. The van der Waals surface area contributed by atoms with Gasteiger partial charge in [-0.2, -0.15) is 5.26 Å². The number of nitrogens with zero attached hydrogens (tertiary/aromatic N) is 1. The molecule has 1 atom stereocenters. The maximum absolute atomic E-state index is 10.6. The molecular weight excluding hydrogens is 246 g/mol. The van der Waals surface area contributed by atoms with Crippen molar-refractivity contribution in [3.8, 4) is 6.07 Å². The van der Waals surface area contributed by atoms with E-state index in [2.05, 4.69) is 15.9 Å². The van der Waals surface area contributed by atoms with Crippen LogP contribution in [-0.4, -0.2) is 11.1 Å². The van der Waals surface area contributed by atoms with Crippen LogP contribution in [-0.2, 0) is 11.2 Å². The van der Waals surface area contributed by atoms with Crippen molar-refractivity contribution in [2.75, 3.05) is 0 Å². The smallest absolute Gasteiger partial charge is 0.321 e. The molecule has 0 saturated carbocycles. The molecule has 3 nitrogen and oxygen atoms in total. The molecule has 0 heterocycles. The topological polar surface area (TPSA) is 61.1 Å². The summed E-state index contributed by atoms with van der Waals surface area (Å²) in [5, 5.41) is 17.3. The Bertz CT molecular complexity index is 384. The van der Waals surface area contributed by atoms with E-state index >= 15 is 0 Å². The summed E-state index contributed by atoms with van der Waals surface area (Å²) >= 11 is 3.28. The van der Waals surface area contributed by atoms with E-state index in [0.29, 0.717) is 0 Å². The second-order valence-electron chi connectivity index (χ2n) is 2.85. The predicted octanol–water partition coefficient (Wildman–Crippen LogP) is 2.22. The van der Waals surface area contributed by atoms with Crippen LogP contribution in [0.4, 0.5) is 0 Å². The Morgan fingerprint density at radius 1 is 1.64 bits per heavy atom. The number of carboxylic acids is 1. The summed E-state index contributed by atoms with van der Waals surface area (Å²) in [5.41, 5.74) is 0.841. The third-order valence-corrected chi connectivity index (χ3v) is 2.28. The number of nitriles is 1. The first-order valence-electron chi connectivity index (χ1n) is 4.00. The molecule has 0 saturated heterocycles. The molecule has 4 heteroatoms. The van der Waals surface area contributed by atoms with E-state index in [1.807, 2.05) is 18.2 Å². The Hall–Kier alpha value is -1.34. The van der Waals surface area contributed by atoms with Crippen LogP contribution in [0.3, 0.4) is 0 Å². The fourth-order valence-corrected chi connectivity index (χ4v) is 1.53. The highest BCUT2D eigenvalue weighted by Crippen LogP contribution is 2.15. The number of benzene rings is 1. The van der Waals surface area contributed by atoms with Gasteiger partial charge in [-0.3, -0.25) is 4.79 Å². The summed E-state index contributed by atoms with van der Waals surface area (Å²) in [4.78, 5) is 10.6. The van der Waals surface area contributed by atoms with Crippen LogP contribution in [0.1, 0.15) is 5.56 Å². The summed E-state index contributed by atoms with van der Waals surface area (Å²) in [7, 11) is 0.